The van der Waals surface area contributed by atoms with Gasteiger partial charge in [0.15, 0.2) is 23.8 Å². The summed E-state index contributed by atoms with van der Waals surface area (Å²) in [5, 5.41) is 27.0. The molecular weight excluding hydrogens is 552 g/mol. The largest absolute Gasteiger partial charge is 0.387 e. The van der Waals surface area contributed by atoms with E-state index in [9.17, 15) is 19.8 Å². The molecule has 6 rings (SSSR count). The second-order valence-corrected chi connectivity index (χ2v) is 11.6. The molecular formula is C30H36N8O5. The molecule has 2 aromatic heterocycles. The summed E-state index contributed by atoms with van der Waals surface area (Å²) in [6, 6.07) is 5.88. The minimum Gasteiger partial charge on any atom is -0.387 e. The zero-order chi connectivity index (χ0) is 30.2. The van der Waals surface area contributed by atoms with Crippen LogP contribution in [0, 0.1) is 31.6 Å². The first-order chi connectivity index (χ1) is 20.7. The molecule has 2 aliphatic heterocycles. The fraction of sp³-hybridized carbons (Fsp3) is 0.500. The molecule has 226 valence electrons. The minimum absolute atomic E-state index is 0.0859. The van der Waals surface area contributed by atoms with Crippen molar-refractivity contribution in [3.05, 3.63) is 41.5 Å². The number of hydrogen-bond acceptors (Lipinski definition) is 9. The van der Waals surface area contributed by atoms with Crippen LogP contribution in [0.4, 0.5) is 16.3 Å². The Kier molecular flexibility index (Phi) is 7.91. The van der Waals surface area contributed by atoms with Crippen molar-refractivity contribution in [1.29, 1.82) is 0 Å². The molecule has 0 spiro atoms. The number of ether oxygens (including phenoxy) is 1. The highest BCUT2D eigenvalue weighted by Gasteiger charge is 2.48. The number of benzene rings is 1. The number of fused-ring (bicyclic) bond motifs is 1. The van der Waals surface area contributed by atoms with Gasteiger partial charge < -0.3 is 36.2 Å². The van der Waals surface area contributed by atoms with Crippen LogP contribution in [-0.4, -0.2) is 84.0 Å². The van der Waals surface area contributed by atoms with Crippen molar-refractivity contribution < 1.29 is 24.5 Å². The second kappa shape index (κ2) is 11.8. The number of nitrogens with one attached hydrogen (secondary N) is 2. The van der Waals surface area contributed by atoms with Gasteiger partial charge >= 0.3 is 6.03 Å². The number of rotatable bonds is 5. The summed E-state index contributed by atoms with van der Waals surface area (Å²) in [6.45, 7) is 5.36. The lowest BCUT2D eigenvalue weighted by Gasteiger charge is -2.31. The van der Waals surface area contributed by atoms with Crippen LogP contribution < -0.4 is 16.4 Å². The number of aromatic nitrogens is 4. The van der Waals surface area contributed by atoms with Crippen LogP contribution in [0.3, 0.4) is 0 Å². The Bertz CT molecular complexity index is 1600. The predicted octanol–water partition coefficient (Wildman–Crippen LogP) is 1.61. The molecule has 43 heavy (non-hydrogen) atoms. The Morgan fingerprint density at radius 1 is 1.09 bits per heavy atom. The lowest BCUT2D eigenvalue weighted by atomic mass is 9.94. The number of aryl methyl sites for hydroxylation is 2. The molecule has 1 aliphatic carbocycles. The highest BCUT2D eigenvalue weighted by Crippen LogP contribution is 2.33. The van der Waals surface area contributed by atoms with Crippen LogP contribution in [-0.2, 0) is 9.53 Å². The molecule has 6 N–H and O–H groups in total. The lowest BCUT2D eigenvalue weighted by molar-refractivity contribution is -0.137. The Morgan fingerprint density at radius 3 is 2.58 bits per heavy atom. The summed E-state index contributed by atoms with van der Waals surface area (Å²) in [5.74, 6) is 6.30. The smallest absolute Gasteiger partial charge is 0.321 e. The molecule has 3 fully saturated rings. The maximum Gasteiger partial charge on any atom is 0.321 e. The first-order valence-electron chi connectivity index (χ1n) is 14.6. The summed E-state index contributed by atoms with van der Waals surface area (Å²) in [4.78, 5) is 40.1. The van der Waals surface area contributed by atoms with Crippen LogP contribution >= 0.6 is 0 Å². The predicted molar refractivity (Wildman–Crippen MR) is 158 cm³/mol. The quantitative estimate of drug-likeness (QED) is 0.277. The maximum atomic E-state index is 12.7. The monoisotopic (exact) mass is 588 g/mol. The van der Waals surface area contributed by atoms with Crippen molar-refractivity contribution in [3.63, 3.8) is 0 Å². The Hall–Kier alpha value is -4.25. The van der Waals surface area contributed by atoms with E-state index in [1.807, 2.05) is 36.9 Å². The molecule has 4 atom stereocenters. The minimum atomic E-state index is -1.41. The van der Waals surface area contributed by atoms with Crippen molar-refractivity contribution in [2.45, 2.75) is 76.5 Å². The topological polar surface area (TPSA) is 181 Å². The third-order valence-corrected chi connectivity index (χ3v) is 8.39. The Morgan fingerprint density at radius 2 is 1.86 bits per heavy atom. The van der Waals surface area contributed by atoms with Crippen molar-refractivity contribution in [2.75, 3.05) is 24.1 Å². The fourth-order valence-corrected chi connectivity index (χ4v) is 5.43. The summed E-state index contributed by atoms with van der Waals surface area (Å²) in [7, 11) is 0. The van der Waals surface area contributed by atoms with E-state index in [1.165, 1.54) is 16.5 Å². The van der Waals surface area contributed by atoms with Gasteiger partial charge in [0, 0.05) is 31.2 Å². The van der Waals surface area contributed by atoms with Gasteiger partial charge in [0.05, 0.1) is 6.33 Å². The Labute approximate surface area is 248 Å². The number of carbonyl (C=O) groups is 2. The number of carbonyl (C=O) groups excluding carboxylic acids is 2. The molecule has 0 bridgehead atoms. The van der Waals surface area contributed by atoms with E-state index in [-0.39, 0.29) is 29.4 Å². The van der Waals surface area contributed by atoms with Crippen LogP contribution in [0.5, 0.6) is 0 Å². The van der Waals surface area contributed by atoms with Gasteiger partial charge in [-0.1, -0.05) is 12.0 Å². The lowest BCUT2D eigenvalue weighted by Crippen LogP contribution is -2.43. The molecule has 3 aliphatic rings. The van der Waals surface area contributed by atoms with Gasteiger partial charge in [-0.05, 0) is 74.6 Å². The van der Waals surface area contributed by atoms with Crippen LogP contribution in [0.2, 0.25) is 0 Å². The molecule has 13 heteroatoms. The standard InChI is InChI=1S/C30H36N8O5/c1-16-6-7-20(14-17(16)2)34-30(42)37-12-10-18(11-13-37)4-3-5-21-35-26(31)22-27(36-21)38(15-32-22)29-24(40)23(39)25(43-29)28(41)33-19-8-9-19/h6-7,14-15,18-19,23-25,29,39-40H,4,8-13H2,1-2H3,(H,33,41)(H,34,42)(H2,31,35,36)/t23-,24+,25?,29?/m1/s1. The van der Waals surface area contributed by atoms with Gasteiger partial charge in [-0.15, -0.1) is 0 Å². The van der Waals surface area contributed by atoms with Crippen LogP contribution in [0.1, 0.15) is 55.3 Å². The van der Waals surface area contributed by atoms with E-state index < -0.39 is 30.4 Å². The van der Waals surface area contributed by atoms with Gasteiger partial charge in [-0.25, -0.2) is 19.7 Å². The second-order valence-electron chi connectivity index (χ2n) is 11.6. The van der Waals surface area contributed by atoms with Gasteiger partial charge in [0.25, 0.3) is 5.91 Å². The molecule has 1 saturated carbocycles. The first kappa shape index (κ1) is 28.9. The first-order valence-corrected chi connectivity index (χ1v) is 14.6. The number of piperidine rings is 1. The number of nitrogen functional groups attached to an aromatic ring is 1. The van der Waals surface area contributed by atoms with Crippen molar-refractivity contribution in [3.8, 4) is 11.8 Å². The molecule has 4 heterocycles. The normalized spacial score (nSPS) is 24.0. The van der Waals surface area contributed by atoms with Crippen molar-refractivity contribution >= 4 is 34.6 Å². The molecule has 2 unspecified atom stereocenters. The number of imidazole rings is 1. The summed E-state index contributed by atoms with van der Waals surface area (Å²) >= 11 is 0. The van der Waals surface area contributed by atoms with Gasteiger partial charge in [-0.3, -0.25) is 9.36 Å². The van der Waals surface area contributed by atoms with E-state index in [0.717, 1.165) is 36.9 Å². The van der Waals surface area contributed by atoms with Gasteiger partial charge in [0.2, 0.25) is 5.82 Å². The average molecular weight is 589 g/mol. The van der Waals surface area contributed by atoms with E-state index in [2.05, 4.69) is 37.4 Å². The zero-order valence-electron chi connectivity index (χ0n) is 24.2. The number of aliphatic hydroxyl groups is 2. The number of hydrogen-bond donors (Lipinski definition) is 5. The fourth-order valence-electron chi connectivity index (χ4n) is 5.43. The van der Waals surface area contributed by atoms with Crippen LogP contribution in [0.15, 0.2) is 24.5 Å². The number of aliphatic hydroxyl groups excluding tert-OH is 2. The molecule has 13 nitrogen and oxygen atoms in total. The highest BCUT2D eigenvalue weighted by molar-refractivity contribution is 5.89. The number of anilines is 2. The summed E-state index contributed by atoms with van der Waals surface area (Å²) < 4.78 is 7.22. The highest BCUT2D eigenvalue weighted by atomic mass is 16.6. The zero-order valence-corrected chi connectivity index (χ0v) is 24.2. The number of nitrogens with zero attached hydrogens (tertiary/aromatic N) is 5. The number of amides is 3. The van der Waals surface area contributed by atoms with E-state index in [1.54, 1.807) is 0 Å². The summed E-state index contributed by atoms with van der Waals surface area (Å²) in [6.07, 6.45) is 0.325. The van der Waals surface area contributed by atoms with Crippen LogP contribution in [0.25, 0.3) is 11.2 Å². The van der Waals surface area contributed by atoms with Crippen molar-refractivity contribution in [1.82, 2.24) is 29.7 Å². The SMILES string of the molecule is Cc1ccc(NC(=O)N2CCC(CC#Cc3nc(N)c4ncn(C5OC(C(=O)NC6CC6)[C@H](O)[C@@H]5O)c4n3)CC2)cc1C. The van der Waals surface area contributed by atoms with Crippen molar-refractivity contribution in [2.24, 2.45) is 5.92 Å². The van der Waals surface area contributed by atoms with E-state index >= 15 is 0 Å². The molecule has 3 amide bonds. The number of urea groups is 1. The van der Waals surface area contributed by atoms with Gasteiger partial charge in [-0.2, -0.15) is 0 Å². The third kappa shape index (κ3) is 6.13. The molecule has 3 aromatic rings. The molecule has 2 saturated heterocycles. The number of likely N-dealkylation sites (tertiary alicyclic amines) is 1. The molecule has 0 radical (unpaired) electrons. The summed E-state index contributed by atoms with van der Waals surface area (Å²) in [5.41, 5.74) is 9.83. The maximum absolute atomic E-state index is 12.7. The molecule has 1 aromatic carbocycles. The van der Waals surface area contributed by atoms with E-state index in [4.69, 9.17) is 10.5 Å². The van der Waals surface area contributed by atoms with Gasteiger partial charge in [0.1, 0.15) is 17.7 Å². The van der Waals surface area contributed by atoms with E-state index in [0.29, 0.717) is 30.9 Å². The Balaban J connectivity index is 1.07. The number of nitrogens with two attached hydrogens (primary N) is 1. The third-order valence-electron chi connectivity index (χ3n) is 8.39. The average Bonchev–Trinajstić information content (AvgIpc) is 3.62.